The number of aliphatic hydroxyl groups is 1. The molecule has 1 atom stereocenters. The number of carboxylic acid groups (broad SMARTS) is 1. The highest BCUT2D eigenvalue weighted by molar-refractivity contribution is 5.66. The summed E-state index contributed by atoms with van der Waals surface area (Å²) < 4.78 is 0. The van der Waals surface area contributed by atoms with Crippen LogP contribution in [0.5, 0.6) is 0 Å². The molecule has 24 heavy (non-hydrogen) atoms. The van der Waals surface area contributed by atoms with E-state index in [4.69, 9.17) is 5.11 Å². The number of carbonyl (C=O) groups is 1. The first-order chi connectivity index (χ1) is 11.7. The predicted molar refractivity (Wildman–Crippen MR) is 102 cm³/mol. The van der Waals surface area contributed by atoms with E-state index >= 15 is 0 Å². The molecule has 0 bridgehead atoms. The first-order valence-corrected chi connectivity index (χ1v) is 9.90. The van der Waals surface area contributed by atoms with Crippen LogP contribution in [0, 0.1) is 0 Å². The lowest BCUT2D eigenvalue weighted by atomic mass is 10.1. The summed E-state index contributed by atoms with van der Waals surface area (Å²) >= 11 is 0. The van der Waals surface area contributed by atoms with Crippen LogP contribution < -0.4 is 0 Å². The van der Waals surface area contributed by atoms with E-state index in [9.17, 15) is 9.90 Å². The molecule has 0 spiro atoms. The quantitative estimate of drug-likeness (QED) is 0.252. The second-order valence-corrected chi connectivity index (χ2v) is 6.64. The summed E-state index contributed by atoms with van der Waals surface area (Å²) in [6.45, 7) is 2.17. The Balaban J connectivity index is 3.30. The van der Waals surface area contributed by atoms with Gasteiger partial charge in [-0.1, -0.05) is 89.0 Å². The summed E-state index contributed by atoms with van der Waals surface area (Å²) in [5.74, 6) is -0.677. The van der Waals surface area contributed by atoms with Crippen molar-refractivity contribution in [3.8, 4) is 0 Å². The van der Waals surface area contributed by atoms with Crippen molar-refractivity contribution in [3.05, 3.63) is 24.3 Å². The largest absolute Gasteiger partial charge is 0.481 e. The third-order valence-corrected chi connectivity index (χ3v) is 4.20. The van der Waals surface area contributed by atoms with Gasteiger partial charge in [0.15, 0.2) is 0 Å². The molecule has 2 N–H and O–H groups in total. The summed E-state index contributed by atoms with van der Waals surface area (Å²) in [6.07, 6.45) is 22.9. The SMILES string of the molecule is CCCCCC(O)/C=C/C=C/CCCCCCCCCCC(=O)O. The molecule has 0 aliphatic carbocycles. The van der Waals surface area contributed by atoms with Gasteiger partial charge in [0, 0.05) is 6.42 Å². The van der Waals surface area contributed by atoms with Crippen molar-refractivity contribution in [2.45, 2.75) is 103 Å². The summed E-state index contributed by atoms with van der Waals surface area (Å²) in [6, 6.07) is 0. The molecule has 0 rings (SSSR count). The Morgan fingerprint density at radius 1 is 0.875 bits per heavy atom. The molecule has 140 valence electrons. The van der Waals surface area contributed by atoms with E-state index in [1.807, 2.05) is 18.2 Å². The average molecular weight is 339 g/mol. The smallest absolute Gasteiger partial charge is 0.303 e. The molecule has 0 aliphatic heterocycles. The number of carboxylic acids is 1. The highest BCUT2D eigenvalue weighted by Gasteiger charge is 1.97. The van der Waals surface area contributed by atoms with Crippen molar-refractivity contribution in [1.82, 2.24) is 0 Å². The number of rotatable bonds is 17. The third-order valence-electron chi connectivity index (χ3n) is 4.20. The van der Waals surface area contributed by atoms with Gasteiger partial charge in [0.2, 0.25) is 0 Å². The Kier molecular flexibility index (Phi) is 17.4. The Labute approximate surface area is 148 Å². The lowest BCUT2D eigenvalue weighted by molar-refractivity contribution is -0.137. The summed E-state index contributed by atoms with van der Waals surface area (Å²) in [4.78, 5) is 10.4. The predicted octanol–water partition coefficient (Wildman–Crippen LogP) is 6.03. The molecular weight excluding hydrogens is 300 g/mol. The number of hydrogen-bond donors (Lipinski definition) is 2. The van der Waals surface area contributed by atoms with Gasteiger partial charge in [0.25, 0.3) is 0 Å². The van der Waals surface area contributed by atoms with Gasteiger partial charge in [-0.15, -0.1) is 0 Å². The molecule has 0 saturated carbocycles. The van der Waals surface area contributed by atoms with Crippen molar-refractivity contribution < 1.29 is 15.0 Å². The number of aliphatic hydroxyl groups excluding tert-OH is 1. The Bertz CT molecular complexity index is 334. The average Bonchev–Trinajstić information content (AvgIpc) is 2.55. The minimum absolute atomic E-state index is 0.295. The second kappa shape index (κ2) is 18.3. The van der Waals surface area contributed by atoms with Gasteiger partial charge in [0.05, 0.1) is 6.10 Å². The van der Waals surface area contributed by atoms with Crippen LogP contribution >= 0.6 is 0 Å². The van der Waals surface area contributed by atoms with Gasteiger partial charge in [-0.2, -0.15) is 0 Å². The fraction of sp³-hybridized carbons (Fsp3) is 0.762. The van der Waals surface area contributed by atoms with Crippen LogP contribution in [-0.4, -0.2) is 22.3 Å². The molecule has 0 aromatic carbocycles. The van der Waals surface area contributed by atoms with Gasteiger partial charge < -0.3 is 10.2 Å². The maximum Gasteiger partial charge on any atom is 0.303 e. The van der Waals surface area contributed by atoms with Crippen molar-refractivity contribution in [1.29, 1.82) is 0 Å². The summed E-state index contributed by atoms with van der Waals surface area (Å²) in [7, 11) is 0. The molecular formula is C21H38O3. The third kappa shape index (κ3) is 19.0. The molecule has 0 aromatic rings. The standard InChI is InChI=1S/C21H38O3/c1-2-3-14-17-20(22)18-15-12-10-8-6-4-5-7-9-11-13-16-19-21(23)24/h10,12,15,18,20,22H,2-9,11,13-14,16-17,19H2,1H3,(H,23,24)/b12-10+,18-15+. The zero-order valence-electron chi connectivity index (χ0n) is 15.6. The summed E-state index contributed by atoms with van der Waals surface area (Å²) in [5.41, 5.74) is 0. The maximum absolute atomic E-state index is 10.4. The van der Waals surface area contributed by atoms with Crippen LogP contribution in [0.25, 0.3) is 0 Å². The maximum atomic E-state index is 10.4. The molecule has 0 saturated heterocycles. The van der Waals surface area contributed by atoms with Gasteiger partial charge in [-0.3, -0.25) is 4.79 Å². The van der Waals surface area contributed by atoms with Gasteiger partial charge in [0.1, 0.15) is 0 Å². The fourth-order valence-corrected chi connectivity index (χ4v) is 2.67. The lowest BCUT2D eigenvalue weighted by Crippen LogP contribution is -2.00. The molecule has 0 fully saturated rings. The zero-order valence-corrected chi connectivity index (χ0v) is 15.6. The topological polar surface area (TPSA) is 57.5 Å². The van der Waals surface area contributed by atoms with Crippen molar-refractivity contribution in [3.63, 3.8) is 0 Å². The van der Waals surface area contributed by atoms with Gasteiger partial charge in [-0.25, -0.2) is 0 Å². The Hall–Kier alpha value is -1.09. The molecule has 1 unspecified atom stereocenters. The molecule has 0 heterocycles. The van der Waals surface area contributed by atoms with Crippen molar-refractivity contribution in [2.75, 3.05) is 0 Å². The van der Waals surface area contributed by atoms with Crippen LogP contribution in [0.15, 0.2) is 24.3 Å². The fourth-order valence-electron chi connectivity index (χ4n) is 2.67. The van der Waals surface area contributed by atoms with Crippen LogP contribution in [0.3, 0.4) is 0 Å². The lowest BCUT2D eigenvalue weighted by Gasteiger charge is -2.03. The number of unbranched alkanes of at least 4 members (excludes halogenated alkanes) is 10. The molecule has 0 aliphatic rings. The Morgan fingerprint density at radius 2 is 1.50 bits per heavy atom. The highest BCUT2D eigenvalue weighted by Crippen LogP contribution is 2.11. The monoisotopic (exact) mass is 338 g/mol. The van der Waals surface area contributed by atoms with Crippen molar-refractivity contribution in [2.24, 2.45) is 0 Å². The van der Waals surface area contributed by atoms with E-state index in [0.717, 1.165) is 32.1 Å². The molecule has 3 nitrogen and oxygen atoms in total. The van der Waals surface area contributed by atoms with Crippen LogP contribution in [0.1, 0.15) is 96.8 Å². The van der Waals surface area contributed by atoms with Crippen LogP contribution in [0.4, 0.5) is 0 Å². The summed E-state index contributed by atoms with van der Waals surface area (Å²) in [5, 5.41) is 18.3. The van der Waals surface area contributed by atoms with Crippen LogP contribution in [0.2, 0.25) is 0 Å². The second-order valence-electron chi connectivity index (χ2n) is 6.64. The van der Waals surface area contributed by atoms with E-state index in [1.54, 1.807) is 0 Å². The van der Waals surface area contributed by atoms with Gasteiger partial charge in [-0.05, 0) is 25.7 Å². The van der Waals surface area contributed by atoms with E-state index < -0.39 is 5.97 Å². The number of hydrogen-bond acceptors (Lipinski definition) is 2. The first kappa shape index (κ1) is 22.9. The highest BCUT2D eigenvalue weighted by atomic mass is 16.4. The molecule has 0 radical (unpaired) electrons. The molecule has 3 heteroatoms. The minimum atomic E-state index is -0.677. The normalized spacial score (nSPS) is 13.1. The zero-order chi connectivity index (χ0) is 17.9. The van der Waals surface area contributed by atoms with Crippen molar-refractivity contribution >= 4 is 5.97 Å². The molecule has 0 aromatic heterocycles. The Morgan fingerprint density at radius 3 is 2.12 bits per heavy atom. The first-order valence-electron chi connectivity index (χ1n) is 9.90. The molecule has 0 amide bonds. The van der Waals surface area contributed by atoms with E-state index in [-0.39, 0.29) is 6.10 Å². The van der Waals surface area contributed by atoms with Gasteiger partial charge >= 0.3 is 5.97 Å². The minimum Gasteiger partial charge on any atom is -0.481 e. The van der Waals surface area contributed by atoms with Crippen LogP contribution in [-0.2, 0) is 4.79 Å². The van der Waals surface area contributed by atoms with E-state index in [1.165, 1.54) is 51.4 Å². The van der Waals surface area contributed by atoms with E-state index in [2.05, 4.69) is 13.0 Å². The number of aliphatic carboxylic acids is 1. The number of allylic oxidation sites excluding steroid dienone is 3. The van der Waals surface area contributed by atoms with E-state index in [0.29, 0.717) is 6.42 Å².